The fraction of sp³-hybridized carbons (Fsp3) is 0.750. The molecule has 1 aliphatic heterocycles. The first-order valence-corrected chi connectivity index (χ1v) is 8.48. The van der Waals surface area contributed by atoms with Crippen molar-refractivity contribution in [3.63, 3.8) is 0 Å². The molecule has 0 aromatic rings. The summed E-state index contributed by atoms with van der Waals surface area (Å²) in [4.78, 5) is 0. The number of ether oxygens (including phenoxy) is 1. The molecule has 0 aromatic carbocycles. The third kappa shape index (κ3) is 6.24. The van der Waals surface area contributed by atoms with E-state index in [9.17, 15) is 5.11 Å². The highest BCUT2D eigenvalue weighted by Crippen LogP contribution is 2.31. The van der Waals surface area contributed by atoms with E-state index in [2.05, 4.69) is 42.7 Å². The zero-order chi connectivity index (χ0) is 15.1. The van der Waals surface area contributed by atoms with E-state index in [0.29, 0.717) is 5.92 Å². The van der Waals surface area contributed by atoms with E-state index in [1.807, 2.05) is 0 Å². The third-order valence-electron chi connectivity index (χ3n) is 3.91. The fourth-order valence-corrected chi connectivity index (χ4v) is 2.81. The van der Waals surface area contributed by atoms with Gasteiger partial charge in [-0.3, -0.25) is 0 Å². The van der Waals surface area contributed by atoms with E-state index in [-0.39, 0.29) is 24.9 Å². The summed E-state index contributed by atoms with van der Waals surface area (Å²) in [5.41, 5.74) is 1.13. The van der Waals surface area contributed by atoms with Crippen LogP contribution in [0, 0.1) is 5.92 Å². The van der Waals surface area contributed by atoms with Crippen LogP contribution in [0.3, 0.4) is 0 Å². The van der Waals surface area contributed by atoms with Crippen molar-refractivity contribution in [3.8, 4) is 0 Å². The van der Waals surface area contributed by atoms with Crippen molar-refractivity contribution < 1.29 is 14.9 Å². The molecule has 0 aliphatic carbocycles. The predicted molar refractivity (Wildman–Crippen MR) is 90.9 cm³/mol. The first-order chi connectivity index (χ1) is 9.43. The summed E-state index contributed by atoms with van der Waals surface area (Å²) in [7, 11) is 0. The first-order valence-electron chi connectivity index (χ1n) is 7.40. The summed E-state index contributed by atoms with van der Waals surface area (Å²) in [6, 6.07) is 0. The van der Waals surface area contributed by atoms with Gasteiger partial charge in [-0.05, 0) is 76.2 Å². The number of halogens is 1. The van der Waals surface area contributed by atoms with Crippen molar-refractivity contribution in [2.75, 3.05) is 6.61 Å². The van der Waals surface area contributed by atoms with Crippen LogP contribution in [-0.4, -0.2) is 35.1 Å². The maximum Gasteiger partial charge on any atom is 0.0788 e. The molecule has 2 unspecified atom stereocenters. The van der Waals surface area contributed by atoms with Crippen molar-refractivity contribution in [1.29, 1.82) is 0 Å². The SMILES string of the molecule is C=C(I)C(C)CC(O)CC[C@@H]1O[C@@H](CCCO)CC1=C. The molecule has 1 aliphatic rings. The highest BCUT2D eigenvalue weighted by Gasteiger charge is 2.28. The topological polar surface area (TPSA) is 49.7 Å². The molecule has 1 rings (SSSR count). The number of aliphatic hydroxyl groups is 2. The van der Waals surface area contributed by atoms with Crippen LogP contribution in [0.25, 0.3) is 0 Å². The lowest BCUT2D eigenvalue weighted by atomic mass is 9.97. The van der Waals surface area contributed by atoms with Crippen LogP contribution in [0.15, 0.2) is 22.3 Å². The molecule has 20 heavy (non-hydrogen) atoms. The Kier molecular flexibility index (Phi) is 8.32. The van der Waals surface area contributed by atoms with Gasteiger partial charge < -0.3 is 14.9 Å². The number of aliphatic hydroxyl groups excluding tert-OH is 2. The molecular formula is C16H27IO3. The zero-order valence-corrected chi connectivity index (χ0v) is 14.5. The van der Waals surface area contributed by atoms with Crippen LogP contribution in [0.4, 0.5) is 0 Å². The lowest BCUT2D eigenvalue weighted by molar-refractivity contribution is 0.0292. The lowest BCUT2D eigenvalue weighted by Crippen LogP contribution is -2.17. The molecule has 4 heteroatoms. The fourth-order valence-electron chi connectivity index (χ4n) is 2.56. The monoisotopic (exact) mass is 394 g/mol. The van der Waals surface area contributed by atoms with Gasteiger partial charge in [-0.1, -0.05) is 20.1 Å². The van der Waals surface area contributed by atoms with E-state index in [0.717, 1.165) is 47.7 Å². The van der Waals surface area contributed by atoms with Crippen LogP contribution in [0.2, 0.25) is 0 Å². The zero-order valence-electron chi connectivity index (χ0n) is 12.4. The van der Waals surface area contributed by atoms with Gasteiger partial charge in [-0.15, -0.1) is 0 Å². The summed E-state index contributed by atoms with van der Waals surface area (Å²) in [5, 5.41) is 18.9. The van der Waals surface area contributed by atoms with E-state index in [1.165, 1.54) is 0 Å². The van der Waals surface area contributed by atoms with Gasteiger partial charge in [0.05, 0.1) is 18.3 Å². The minimum atomic E-state index is -0.301. The van der Waals surface area contributed by atoms with Gasteiger partial charge in [-0.25, -0.2) is 0 Å². The van der Waals surface area contributed by atoms with Crippen LogP contribution in [-0.2, 0) is 4.74 Å². The predicted octanol–water partition coefficient (Wildman–Crippen LogP) is 3.59. The standard InChI is InChI=1S/C16H27IO3/c1-11(13(3)17)9-14(19)6-7-16-12(2)10-15(20-16)5-4-8-18/h11,14-16,18-19H,2-10H2,1H3/t11?,14?,15-,16-/m0/s1. The van der Waals surface area contributed by atoms with Gasteiger partial charge in [0.25, 0.3) is 0 Å². The minimum absolute atomic E-state index is 0.0754. The number of allylic oxidation sites excluding steroid dienone is 1. The van der Waals surface area contributed by atoms with E-state index < -0.39 is 0 Å². The van der Waals surface area contributed by atoms with Crippen LogP contribution in [0.1, 0.15) is 45.4 Å². The first kappa shape index (κ1) is 18.1. The van der Waals surface area contributed by atoms with E-state index in [1.54, 1.807) is 0 Å². The quantitative estimate of drug-likeness (QED) is 0.464. The van der Waals surface area contributed by atoms with Crippen molar-refractivity contribution in [1.82, 2.24) is 0 Å². The smallest absolute Gasteiger partial charge is 0.0788 e. The number of hydrogen-bond donors (Lipinski definition) is 2. The normalized spacial score (nSPS) is 25.7. The van der Waals surface area contributed by atoms with E-state index in [4.69, 9.17) is 9.84 Å². The van der Waals surface area contributed by atoms with Crippen molar-refractivity contribution in [2.45, 2.75) is 63.8 Å². The van der Waals surface area contributed by atoms with Crippen molar-refractivity contribution in [2.24, 2.45) is 5.92 Å². The Bertz CT molecular complexity index is 330. The van der Waals surface area contributed by atoms with Gasteiger partial charge >= 0.3 is 0 Å². The summed E-state index contributed by atoms with van der Waals surface area (Å²) in [5.74, 6) is 0.343. The lowest BCUT2D eigenvalue weighted by Gasteiger charge is -2.18. The van der Waals surface area contributed by atoms with Crippen molar-refractivity contribution in [3.05, 3.63) is 22.3 Å². The average Bonchev–Trinajstić information content (AvgIpc) is 2.74. The highest BCUT2D eigenvalue weighted by atomic mass is 127. The molecule has 1 saturated heterocycles. The highest BCUT2D eigenvalue weighted by molar-refractivity contribution is 14.1. The van der Waals surface area contributed by atoms with Crippen LogP contribution in [0.5, 0.6) is 0 Å². The molecule has 116 valence electrons. The second kappa shape index (κ2) is 9.18. The molecule has 1 heterocycles. The maximum absolute atomic E-state index is 10.1. The molecule has 0 aromatic heterocycles. The summed E-state index contributed by atoms with van der Waals surface area (Å²) in [6.07, 6.45) is 4.86. The Balaban J connectivity index is 2.27. The molecule has 2 N–H and O–H groups in total. The summed E-state index contributed by atoms with van der Waals surface area (Å²) in [6.45, 7) is 10.3. The number of hydrogen-bond acceptors (Lipinski definition) is 3. The Morgan fingerprint density at radius 1 is 1.50 bits per heavy atom. The molecule has 0 saturated carbocycles. The Morgan fingerprint density at radius 3 is 2.80 bits per heavy atom. The van der Waals surface area contributed by atoms with Crippen LogP contribution >= 0.6 is 22.6 Å². The van der Waals surface area contributed by atoms with Crippen LogP contribution < -0.4 is 0 Å². The molecule has 4 atom stereocenters. The molecule has 0 amide bonds. The largest absolute Gasteiger partial charge is 0.396 e. The molecule has 0 spiro atoms. The minimum Gasteiger partial charge on any atom is -0.396 e. The van der Waals surface area contributed by atoms with Crippen molar-refractivity contribution >= 4 is 22.6 Å². The molecule has 1 fully saturated rings. The van der Waals surface area contributed by atoms with Gasteiger partial charge in [0.2, 0.25) is 0 Å². The second-order valence-corrected chi connectivity index (χ2v) is 7.18. The van der Waals surface area contributed by atoms with Gasteiger partial charge in [0.15, 0.2) is 0 Å². The van der Waals surface area contributed by atoms with Gasteiger partial charge in [0, 0.05) is 6.61 Å². The number of rotatable bonds is 9. The molecular weight excluding hydrogens is 367 g/mol. The Labute approximate surface area is 136 Å². The van der Waals surface area contributed by atoms with E-state index >= 15 is 0 Å². The second-order valence-electron chi connectivity index (χ2n) is 5.79. The third-order valence-corrected chi connectivity index (χ3v) is 4.97. The molecule has 0 radical (unpaired) electrons. The van der Waals surface area contributed by atoms with Gasteiger partial charge in [0.1, 0.15) is 0 Å². The Hall–Kier alpha value is 0.0900. The van der Waals surface area contributed by atoms with Gasteiger partial charge in [-0.2, -0.15) is 0 Å². The summed E-state index contributed by atoms with van der Waals surface area (Å²) < 4.78 is 7.03. The Morgan fingerprint density at radius 2 is 2.20 bits per heavy atom. The summed E-state index contributed by atoms with van der Waals surface area (Å²) >= 11 is 2.22. The average molecular weight is 394 g/mol. The molecule has 3 nitrogen and oxygen atoms in total. The maximum atomic E-state index is 10.1. The molecule has 0 bridgehead atoms.